The van der Waals surface area contributed by atoms with Gasteiger partial charge >= 0.3 is 0 Å². The molecule has 182 valence electrons. The van der Waals surface area contributed by atoms with E-state index >= 15 is 0 Å². The first-order chi connectivity index (χ1) is 17.0. The van der Waals surface area contributed by atoms with E-state index in [0.29, 0.717) is 0 Å². The van der Waals surface area contributed by atoms with Crippen LogP contribution >= 0.6 is 0 Å². The first kappa shape index (κ1) is 24.2. The van der Waals surface area contributed by atoms with Gasteiger partial charge in [0, 0.05) is 63.6 Å². The third-order valence-corrected chi connectivity index (χ3v) is 6.83. The summed E-state index contributed by atoms with van der Waals surface area (Å²) in [5.74, 6) is -1.09. The number of benzene rings is 3. The molecule has 0 amide bonds. The van der Waals surface area contributed by atoms with Crippen molar-refractivity contribution >= 4 is 17.1 Å². The summed E-state index contributed by atoms with van der Waals surface area (Å²) in [6.45, 7) is 18.6. The summed E-state index contributed by atoms with van der Waals surface area (Å²) in [5, 5.41) is 0. The summed E-state index contributed by atoms with van der Waals surface area (Å²) in [6.07, 6.45) is 0. The Labute approximate surface area is 209 Å². The molecular weight excluding hydrogens is 414 g/mol. The molecule has 0 aliphatic carbocycles. The second-order valence-electron chi connectivity index (χ2n) is 8.44. The van der Waals surface area contributed by atoms with Crippen LogP contribution in [0.2, 0.25) is 0 Å². The SMILES string of the molecule is [2H]C(c1ccccc1N(CC)CC)(c1ccccc1N(CC)CC)c1ccccc1N(CC)CC. The molecule has 0 unspecified atom stereocenters. The molecule has 0 saturated carbocycles. The van der Waals surface area contributed by atoms with Gasteiger partial charge in [-0.25, -0.2) is 0 Å². The van der Waals surface area contributed by atoms with E-state index in [4.69, 9.17) is 0 Å². The maximum atomic E-state index is 10.5. The lowest BCUT2D eigenvalue weighted by Crippen LogP contribution is -2.27. The van der Waals surface area contributed by atoms with E-state index in [1.165, 1.54) is 0 Å². The monoisotopic (exact) mass is 458 g/mol. The van der Waals surface area contributed by atoms with E-state index in [2.05, 4.69) is 129 Å². The van der Waals surface area contributed by atoms with Gasteiger partial charge in [-0.1, -0.05) is 54.6 Å². The average Bonchev–Trinajstić information content (AvgIpc) is 2.91. The molecule has 0 spiro atoms. The van der Waals surface area contributed by atoms with E-state index in [9.17, 15) is 1.37 Å². The summed E-state index contributed by atoms with van der Waals surface area (Å²) < 4.78 is 10.5. The Hall–Kier alpha value is -2.94. The van der Waals surface area contributed by atoms with Gasteiger partial charge in [-0.2, -0.15) is 0 Å². The minimum absolute atomic E-state index is 0.902. The summed E-state index contributed by atoms with van der Waals surface area (Å²) in [5.41, 5.74) is 6.50. The van der Waals surface area contributed by atoms with Crippen molar-refractivity contribution in [1.82, 2.24) is 0 Å². The minimum Gasteiger partial charge on any atom is -0.372 e. The van der Waals surface area contributed by atoms with Gasteiger partial charge in [-0.15, -0.1) is 0 Å². The van der Waals surface area contributed by atoms with Crippen molar-refractivity contribution < 1.29 is 1.37 Å². The number of hydrogen-bond acceptors (Lipinski definition) is 3. The van der Waals surface area contributed by atoms with Gasteiger partial charge in [0.05, 0.1) is 0 Å². The predicted molar refractivity (Wildman–Crippen MR) is 151 cm³/mol. The van der Waals surface area contributed by atoms with Crippen LogP contribution in [-0.4, -0.2) is 39.3 Å². The Kier molecular flexibility index (Phi) is 8.90. The molecule has 0 atom stereocenters. The molecule has 3 aromatic rings. The second kappa shape index (κ2) is 12.5. The Morgan fingerprint density at radius 2 is 0.706 bits per heavy atom. The van der Waals surface area contributed by atoms with Crippen LogP contribution in [0.5, 0.6) is 0 Å². The van der Waals surface area contributed by atoms with Crippen LogP contribution in [0.4, 0.5) is 17.1 Å². The van der Waals surface area contributed by atoms with E-state index in [-0.39, 0.29) is 0 Å². The van der Waals surface area contributed by atoms with Crippen LogP contribution in [0.3, 0.4) is 0 Å². The maximum Gasteiger partial charge on any atom is 0.0455 e. The molecule has 0 aliphatic heterocycles. The van der Waals surface area contributed by atoms with Gasteiger partial charge in [0.2, 0.25) is 0 Å². The topological polar surface area (TPSA) is 9.72 Å². The zero-order valence-corrected chi connectivity index (χ0v) is 22.0. The molecular formula is C31H43N3. The molecule has 3 rings (SSSR count). The number of rotatable bonds is 12. The van der Waals surface area contributed by atoms with Gasteiger partial charge in [-0.05, 0) is 76.4 Å². The van der Waals surface area contributed by atoms with Crippen molar-refractivity contribution in [2.45, 2.75) is 47.4 Å². The van der Waals surface area contributed by atoms with Crippen molar-refractivity contribution in [1.29, 1.82) is 0 Å². The number of hydrogen-bond donors (Lipinski definition) is 0. The van der Waals surface area contributed by atoms with Crippen LogP contribution in [0.15, 0.2) is 72.8 Å². The van der Waals surface area contributed by atoms with Crippen LogP contribution in [0, 0.1) is 0 Å². The quantitative estimate of drug-likeness (QED) is 0.262. The summed E-state index contributed by atoms with van der Waals surface area (Å²) in [4.78, 5) is 7.12. The largest absolute Gasteiger partial charge is 0.372 e. The predicted octanol–water partition coefficient (Wildman–Crippen LogP) is 7.41. The molecule has 3 nitrogen and oxygen atoms in total. The van der Waals surface area contributed by atoms with E-state index in [1.54, 1.807) is 0 Å². The normalized spacial score (nSPS) is 11.8. The fraction of sp³-hybridized carbons (Fsp3) is 0.419. The van der Waals surface area contributed by atoms with Crippen molar-refractivity contribution in [3.8, 4) is 0 Å². The highest BCUT2D eigenvalue weighted by Crippen LogP contribution is 2.44. The maximum absolute atomic E-state index is 10.5. The molecule has 0 aliphatic rings. The fourth-order valence-electron chi connectivity index (χ4n) is 5.01. The molecule has 0 bridgehead atoms. The fourth-order valence-corrected chi connectivity index (χ4v) is 5.01. The van der Waals surface area contributed by atoms with E-state index in [1.807, 2.05) is 0 Å². The van der Waals surface area contributed by atoms with Crippen LogP contribution in [0.25, 0.3) is 0 Å². The summed E-state index contributed by atoms with van der Waals surface area (Å²) in [7, 11) is 0. The molecule has 3 heteroatoms. The lowest BCUT2D eigenvalue weighted by atomic mass is 9.81. The zero-order valence-electron chi connectivity index (χ0n) is 23.0. The van der Waals surface area contributed by atoms with Gasteiger partial charge in [0.25, 0.3) is 0 Å². The molecule has 0 heterocycles. The Morgan fingerprint density at radius 3 is 0.941 bits per heavy atom. The van der Waals surface area contributed by atoms with Crippen molar-refractivity contribution in [3.63, 3.8) is 0 Å². The minimum atomic E-state index is -1.09. The van der Waals surface area contributed by atoms with Crippen molar-refractivity contribution in [2.24, 2.45) is 0 Å². The van der Waals surface area contributed by atoms with Gasteiger partial charge < -0.3 is 14.7 Å². The Bertz CT molecular complexity index is 933. The molecule has 0 fully saturated rings. The Balaban J connectivity index is 2.47. The molecule has 0 N–H and O–H groups in total. The summed E-state index contributed by atoms with van der Waals surface area (Å²) in [6, 6.07) is 25.6. The van der Waals surface area contributed by atoms with Gasteiger partial charge in [-0.3, -0.25) is 0 Å². The molecule has 0 saturated heterocycles. The standard InChI is InChI=1S/C31H43N3/c1-7-32(8-2)28-22-16-13-19-25(28)31(26-20-14-17-23-29(26)33(9-3)10-4)27-21-15-18-24-30(27)34(11-5)12-6/h13-24,31H,7-12H2,1-6H3/i31D. The lowest BCUT2D eigenvalue weighted by Gasteiger charge is -2.34. The van der Waals surface area contributed by atoms with Gasteiger partial charge in [0.1, 0.15) is 0 Å². The first-order valence-corrected chi connectivity index (χ1v) is 13.0. The average molecular weight is 459 g/mol. The first-order valence-electron chi connectivity index (χ1n) is 13.5. The van der Waals surface area contributed by atoms with Gasteiger partial charge in [0.15, 0.2) is 0 Å². The van der Waals surface area contributed by atoms with E-state index < -0.39 is 5.89 Å². The Morgan fingerprint density at radius 1 is 0.471 bits per heavy atom. The smallest absolute Gasteiger partial charge is 0.0455 e. The molecule has 0 radical (unpaired) electrons. The highest BCUT2D eigenvalue weighted by molar-refractivity contribution is 5.70. The second-order valence-corrected chi connectivity index (χ2v) is 8.44. The number of nitrogens with zero attached hydrogens (tertiary/aromatic N) is 3. The lowest BCUT2D eigenvalue weighted by molar-refractivity contribution is 0.819. The third-order valence-electron chi connectivity index (χ3n) is 6.83. The molecule has 34 heavy (non-hydrogen) atoms. The number of para-hydroxylation sites is 3. The number of anilines is 3. The van der Waals surface area contributed by atoms with Crippen LogP contribution in [-0.2, 0) is 0 Å². The van der Waals surface area contributed by atoms with Crippen molar-refractivity contribution in [3.05, 3.63) is 89.5 Å². The van der Waals surface area contributed by atoms with Crippen LogP contribution < -0.4 is 14.7 Å². The molecule has 3 aromatic carbocycles. The highest BCUT2D eigenvalue weighted by atomic mass is 15.1. The highest BCUT2D eigenvalue weighted by Gasteiger charge is 2.27. The van der Waals surface area contributed by atoms with Crippen molar-refractivity contribution in [2.75, 3.05) is 54.0 Å². The van der Waals surface area contributed by atoms with E-state index in [0.717, 1.165) is 73.0 Å². The zero-order chi connectivity index (χ0) is 25.4. The summed E-state index contributed by atoms with van der Waals surface area (Å²) >= 11 is 0. The third kappa shape index (κ3) is 5.24. The van der Waals surface area contributed by atoms with Crippen LogP contribution in [0.1, 0.15) is 65.5 Å². The molecule has 0 aromatic heterocycles.